The Kier molecular flexibility index (Phi) is 4.68. The lowest BCUT2D eigenvalue weighted by Crippen LogP contribution is -2.22. The van der Waals surface area contributed by atoms with Crippen LogP contribution in [0.15, 0.2) is 28.8 Å². The van der Waals surface area contributed by atoms with Crippen molar-refractivity contribution in [3.8, 4) is 11.4 Å². The van der Waals surface area contributed by atoms with Gasteiger partial charge in [0, 0.05) is 5.56 Å². The van der Waals surface area contributed by atoms with E-state index >= 15 is 0 Å². The topological polar surface area (TPSA) is 42.2 Å². The molecule has 0 atom stereocenters. The molecular formula is C15H21N3O. The van der Waals surface area contributed by atoms with E-state index in [1.54, 1.807) is 0 Å². The van der Waals surface area contributed by atoms with E-state index in [1.165, 1.54) is 5.56 Å². The Morgan fingerprint density at radius 2 is 1.74 bits per heavy atom. The largest absolute Gasteiger partial charge is 0.338 e. The Labute approximate surface area is 114 Å². The Morgan fingerprint density at radius 1 is 1.05 bits per heavy atom. The molecule has 0 aliphatic carbocycles. The van der Waals surface area contributed by atoms with Gasteiger partial charge < -0.3 is 4.52 Å². The molecule has 4 heteroatoms. The van der Waals surface area contributed by atoms with E-state index in [1.807, 2.05) is 12.1 Å². The minimum atomic E-state index is 0.671. The van der Waals surface area contributed by atoms with Gasteiger partial charge in [0.2, 0.25) is 11.7 Å². The molecule has 19 heavy (non-hydrogen) atoms. The van der Waals surface area contributed by atoms with Crippen molar-refractivity contribution >= 4 is 0 Å². The van der Waals surface area contributed by atoms with Crippen LogP contribution >= 0.6 is 0 Å². The van der Waals surface area contributed by atoms with Gasteiger partial charge in [-0.1, -0.05) is 50.2 Å². The van der Waals surface area contributed by atoms with Crippen molar-refractivity contribution in [1.29, 1.82) is 0 Å². The zero-order valence-electron chi connectivity index (χ0n) is 11.9. The summed E-state index contributed by atoms with van der Waals surface area (Å²) in [6, 6.07) is 8.31. The summed E-state index contributed by atoms with van der Waals surface area (Å²) in [6.07, 6.45) is 1.04. The third-order valence-corrected chi connectivity index (χ3v) is 3.34. The second kappa shape index (κ2) is 6.48. The average Bonchev–Trinajstić information content (AvgIpc) is 2.93. The van der Waals surface area contributed by atoms with Crippen LogP contribution in [-0.2, 0) is 13.0 Å². The van der Waals surface area contributed by atoms with Crippen molar-refractivity contribution in [2.75, 3.05) is 13.1 Å². The van der Waals surface area contributed by atoms with Crippen molar-refractivity contribution in [2.45, 2.75) is 33.7 Å². The SMILES string of the molecule is CCc1ccc(-c2noc(CN(CC)CC)n2)cc1. The van der Waals surface area contributed by atoms with E-state index < -0.39 is 0 Å². The first-order valence-electron chi connectivity index (χ1n) is 6.91. The summed E-state index contributed by atoms with van der Waals surface area (Å²) >= 11 is 0. The zero-order valence-corrected chi connectivity index (χ0v) is 11.9. The Hall–Kier alpha value is -1.68. The lowest BCUT2D eigenvalue weighted by Gasteiger charge is -2.14. The predicted octanol–water partition coefficient (Wildman–Crippen LogP) is 3.14. The maximum Gasteiger partial charge on any atom is 0.241 e. The average molecular weight is 259 g/mol. The van der Waals surface area contributed by atoms with Crippen LogP contribution in [0.5, 0.6) is 0 Å². The molecule has 0 saturated carbocycles. The van der Waals surface area contributed by atoms with Crippen molar-refractivity contribution in [3.63, 3.8) is 0 Å². The van der Waals surface area contributed by atoms with Gasteiger partial charge in [-0.25, -0.2) is 0 Å². The summed E-state index contributed by atoms with van der Waals surface area (Å²) in [5, 5.41) is 4.05. The molecule has 0 saturated heterocycles. The Morgan fingerprint density at radius 3 is 2.32 bits per heavy atom. The Balaban J connectivity index is 2.11. The number of aryl methyl sites for hydroxylation is 1. The molecule has 0 amide bonds. The van der Waals surface area contributed by atoms with Crippen molar-refractivity contribution in [1.82, 2.24) is 15.0 Å². The minimum Gasteiger partial charge on any atom is -0.338 e. The summed E-state index contributed by atoms with van der Waals surface area (Å²) in [7, 11) is 0. The van der Waals surface area contributed by atoms with Gasteiger partial charge in [0.15, 0.2) is 0 Å². The van der Waals surface area contributed by atoms with Gasteiger partial charge in [-0.2, -0.15) is 4.98 Å². The summed E-state index contributed by atoms with van der Waals surface area (Å²) in [5.74, 6) is 1.35. The fourth-order valence-electron chi connectivity index (χ4n) is 1.96. The van der Waals surface area contributed by atoms with E-state index in [-0.39, 0.29) is 0 Å². The highest BCUT2D eigenvalue weighted by Crippen LogP contribution is 2.17. The second-order valence-corrected chi connectivity index (χ2v) is 4.52. The highest BCUT2D eigenvalue weighted by atomic mass is 16.5. The number of nitrogens with zero attached hydrogens (tertiary/aromatic N) is 3. The predicted molar refractivity (Wildman–Crippen MR) is 75.7 cm³/mol. The lowest BCUT2D eigenvalue weighted by molar-refractivity contribution is 0.246. The number of benzene rings is 1. The molecule has 1 heterocycles. The van der Waals surface area contributed by atoms with Gasteiger partial charge in [0.25, 0.3) is 0 Å². The molecule has 0 N–H and O–H groups in total. The highest BCUT2D eigenvalue weighted by Gasteiger charge is 2.10. The number of hydrogen-bond donors (Lipinski definition) is 0. The van der Waals surface area contributed by atoms with E-state index in [0.29, 0.717) is 18.3 Å². The fraction of sp³-hybridized carbons (Fsp3) is 0.467. The monoisotopic (exact) mass is 259 g/mol. The van der Waals surface area contributed by atoms with Crippen LogP contribution in [0, 0.1) is 0 Å². The number of aromatic nitrogens is 2. The molecule has 2 aromatic rings. The van der Waals surface area contributed by atoms with Crippen LogP contribution in [0.2, 0.25) is 0 Å². The molecule has 0 spiro atoms. The summed E-state index contributed by atoms with van der Waals surface area (Å²) < 4.78 is 5.31. The quantitative estimate of drug-likeness (QED) is 0.799. The molecule has 102 valence electrons. The molecule has 1 aromatic carbocycles. The van der Waals surface area contributed by atoms with E-state index in [0.717, 1.165) is 25.1 Å². The molecule has 0 bridgehead atoms. The number of rotatable bonds is 6. The van der Waals surface area contributed by atoms with Crippen molar-refractivity contribution < 1.29 is 4.52 Å². The first kappa shape index (κ1) is 13.7. The first-order chi connectivity index (χ1) is 9.26. The van der Waals surface area contributed by atoms with Crippen LogP contribution in [0.25, 0.3) is 11.4 Å². The van der Waals surface area contributed by atoms with Crippen LogP contribution in [0.3, 0.4) is 0 Å². The summed E-state index contributed by atoms with van der Waals surface area (Å²) in [5.41, 5.74) is 2.32. The third-order valence-electron chi connectivity index (χ3n) is 3.34. The molecular weight excluding hydrogens is 238 g/mol. The van der Waals surface area contributed by atoms with Gasteiger partial charge in [0.1, 0.15) is 0 Å². The summed E-state index contributed by atoms with van der Waals surface area (Å²) in [4.78, 5) is 6.70. The highest BCUT2D eigenvalue weighted by molar-refractivity contribution is 5.54. The molecule has 2 rings (SSSR count). The van der Waals surface area contributed by atoms with Crippen LogP contribution < -0.4 is 0 Å². The van der Waals surface area contributed by atoms with E-state index in [9.17, 15) is 0 Å². The van der Waals surface area contributed by atoms with Crippen molar-refractivity contribution in [3.05, 3.63) is 35.7 Å². The molecule has 4 nitrogen and oxygen atoms in total. The Bertz CT molecular complexity index is 500. The van der Waals surface area contributed by atoms with Gasteiger partial charge in [0.05, 0.1) is 6.54 Å². The maximum atomic E-state index is 5.31. The maximum absolute atomic E-state index is 5.31. The molecule has 0 unspecified atom stereocenters. The standard InChI is InChI=1S/C15H21N3O/c1-4-12-7-9-13(10-8-12)15-16-14(19-17-15)11-18(5-2)6-3/h7-10H,4-6,11H2,1-3H3. The smallest absolute Gasteiger partial charge is 0.241 e. The van der Waals surface area contributed by atoms with Crippen molar-refractivity contribution in [2.24, 2.45) is 0 Å². The molecule has 1 aromatic heterocycles. The van der Waals surface area contributed by atoms with Gasteiger partial charge in [-0.3, -0.25) is 4.90 Å². The van der Waals surface area contributed by atoms with Crippen LogP contribution in [0.1, 0.15) is 32.2 Å². The molecule has 0 radical (unpaired) electrons. The van der Waals surface area contributed by atoms with Crippen LogP contribution in [0.4, 0.5) is 0 Å². The first-order valence-corrected chi connectivity index (χ1v) is 6.91. The molecule has 0 aliphatic heterocycles. The van der Waals surface area contributed by atoms with Gasteiger partial charge >= 0.3 is 0 Å². The minimum absolute atomic E-state index is 0.671. The normalized spacial score (nSPS) is 11.2. The third kappa shape index (κ3) is 3.41. The molecule has 0 fully saturated rings. The lowest BCUT2D eigenvalue weighted by atomic mass is 10.1. The van der Waals surface area contributed by atoms with E-state index in [2.05, 4.69) is 47.9 Å². The fourth-order valence-corrected chi connectivity index (χ4v) is 1.96. The second-order valence-electron chi connectivity index (χ2n) is 4.52. The molecule has 0 aliphatic rings. The van der Waals surface area contributed by atoms with Crippen LogP contribution in [-0.4, -0.2) is 28.1 Å². The number of hydrogen-bond acceptors (Lipinski definition) is 4. The zero-order chi connectivity index (χ0) is 13.7. The van der Waals surface area contributed by atoms with E-state index in [4.69, 9.17) is 4.52 Å². The summed E-state index contributed by atoms with van der Waals surface area (Å²) in [6.45, 7) is 9.09. The van der Waals surface area contributed by atoms with Gasteiger partial charge in [-0.05, 0) is 25.1 Å². The van der Waals surface area contributed by atoms with Gasteiger partial charge in [-0.15, -0.1) is 0 Å².